The van der Waals surface area contributed by atoms with Crippen LogP contribution in [0.15, 0.2) is 109 Å². The van der Waals surface area contributed by atoms with E-state index < -0.39 is 49.5 Å². The molecule has 478 valence electrons. The fourth-order valence-electron chi connectivity index (χ4n) is 10.4. The molecule has 9 nitrogen and oxygen atoms in total. The second kappa shape index (κ2) is 61.9. The van der Waals surface area contributed by atoms with Crippen molar-refractivity contribution in [1.82, 2.24) is 5.32 Å². The highest BCUT2D eigenvalue weighted by atomic mass is 16.7. The molecule has 7 atom stereocenters. The molecule has 1 saturated heterocycles. The molecule has 0 radical (unpaired) electrons. The molecule has 1 amide bonds. The Balaban J connectivity index is 2.19. The van der Waals surface area contributed by atoms with Crippen molar-refractivity contribution in [3.63, 3.8) is 0 Å². The zero-order valence-corrected chi connectivity index (χ0v) is 53.4. The van der Waals surface area contributed by atoms with Crippen molar-refractivity contribution in [2.45, 2.75) is 339 Å². The summed E-state index contributed by atoms with van der Waals surface area (Å²) >= 11 is 0. The SMILES string of the molecule is CC/C=C\C/C=C\C/C=C\C/C=C\C/C=C\C/C=C\C/C=C\CCCCCCCCCCCC(=O)NC(COC1OC(CO)C(O)C(O)C1O)C(O)/C=C/CC/C=C/CCCCCCCCCCCCCCCCCCCCCCCCC. The number of hydrogen-bond acceptors (Lipinski definition) is 8. The standard InChI is InChI=1S/C74H129NO8/c1-3-5-7-9-11-13-15-17-19-21-23-25-27-29-31-33-34-36-38-40-42-44-46-48-50-52-54-56-58-60-62-64-70(78)75-67(66-82-74-73(81)72(80)71(79)69(65-76)83-74)68(77)63-61-59-57-55-53-51-49-47-45-43-41-39-37-35-32-30-28-26-24-22-20-18-16-14-12-10-8-6-4-2/h5,7,11,13,17,19,23,25,29,31,34,36,40,42,53,55,61,63,67-69,71-74,76-77,79-81H,3-4,6,8-10,12,14-16,18,20-22,24,26-28,30,32-33,35,37-39,41,43-52,54,56-60,62,64-66H2,1-2H3,(H,75,78)/b7-5-,13-11-,19-17-,25-23-,31-29-,36-34-,42-40-,55-53+,63-61+. The number of carbonyl (C=O) groups is 1. The Kier molecular flexibility index (Phi) is 58.1. The molecule has 83 heavy (non-hydrogen) atoms. The summed E-state index contributed by atoms with van der Waals surface area (Å²) in [7, 11) is 0. The molecule has 1 fully saturated rings. The van der Waals surface area contributed by atoms with Crippen molar-refractivity contribution < 1.29 is 39.8 Å². The Bertz CT molecular complexity index is 1680. The van der Waals surface area contributed by atoms with Crippen molar-refractivity contribution in [2.24, 2.45) is 0 Å². The summed E-state index contributed by atoms with van der Waals surface area (Å²) in [5.41, 5.74) is 0. The van der Waals surface area contributed by atoms with Crippen molar-refractivity contribution in [1.29, 1.82) is 0 Å². The minimum Gasteiger partial charge on any atom is -0.394 e. The maximum atomic E-state index is 13.1. The summed E-state index contributed by atoms with van der Waals surface area (Å²) in [4.78, 5) is 13.1. The number of aliphatic hydroxyl groups excluding tert-OH is 5. The van der Waals surface area contributed by atoms with Crippen LogP contribution in [-0.2, 0) is 14.3 Å². The first-order valence-corrected chi connectivity index (χ1v) is 34.6. The maximum absolute atomic E-state index is 13.1. The van der Waals surface area contributed by atoms with Crippen LogP contribution in [0, 0.1) is 0 Å². The van der Waals surface area contributed by atoms with Crippen LogP contribution in [0.2, 0.25) is 0 Å². The normalized spacial score (nSPS) is 19.0. The zero-order valence-electron chi connectivity index (χ0n) is 53.4. The van der Waals surface area contributed by atoms with E-state index >= 15 is 0 Å². The molecule has 1 aliphatic rings. The van der Waals surface area contributed by atoms with Crippen LogP contribution in [0.1, 0.15) is 296 Å². The molecule has 0 saturated carbocycles. The molecule has 1 aliphatic heterocycles. The predicted octanol–water partition coefficient (Wildman–Crippen LogP) is 18.9. The molecule has 7 unspecified atom stereocenters. The minimum absolute atomic E-state index is 0.195. The van der Waals surface area contributed by atoms with Crippen molar-refractivity contribution >= 4 is 5.91 Å². The third-order valence-corrected chi connectivity index (χ3v) is 15.8. The van der Waals surface area contributed by atoms with Gasteiger partial charge in [-0.25, -0.2) is 0 Å². The van der Waals surface area contributed by atoms with E-state index in [2.05, 4.69) is 116 Å². The lowest BCUT2D eigenvalue weighted by atomic mass is 9.99. The number of ether oxygens (including phenoxy) is 2. The van der Waals surface area contributed by atoms with Gasteiger partial charge in [0.15, 0.2) is 6.29 Å². The van der Waals surface area contributed by atoms with Gasteiger partial charge < -0.3 is 40.3 Å². The van der Waals surface area contributed by atoms with E-state index in [9.17, 15) is 30.3 Å². The first kappa shape index (κ1) is 77.9. The van der Waals surface area contributed by atoms with Crippen molar-refractivity contribution in [3.05, 3.63) is 109 Å². The number of nitrogens with one attached hydrogen (secondary N) is 1. The van der Waals surface area contributed by atoms with Gasteiger partial charge >= 0.3 is 0 Å². The molecule has 0 aromatic rings. The predicted molar refractivity (Wildman–Crippen MR) is 354 cm³/mol. The average molecular weight is 1160 g/mol. The fraction of sp³-hybridized carbons (Fsp3) is 0.743. The average Bonchev–Trinajstić information content (AvgIpc) is 3.61. The van der Waals surface area contributed by atoms with Gasteiger partial charge in [0.2, 0.25) is 5.91 Å². The summed E-state index contributed by atoms with van der Waals surface area (Å²) in [6.07, 6.45) is 84.7. The Morgan fingerprint density at radius 3 is 1.16 bits per heavy atom. The van der Waals surface area contributed by atoms with Crippen LogP contribution in [0.5, 0.6) is 0 Å². The number of allylic oxidation sites excluding steroid dienone is 17. The van der Waals surface area contributed by atoms with E-state index in [0.717, 1.165) is 96.3 Å². The van der Waals surface area contributed by atoms with Crippen LogP contribution >= 0.6 is 0 Å². The summed E-state index contributed by atoms with van der Waals surface area (Å²) < 4.78 is 11.3. The lowest BCUT2D eigenvalue weighted by Crippen LogP contribution is -2.60. The maximum Gasteiger partial charge on any atom is 0.220 e. The highest BCUT2D eigenvalue weighted by molar-refractivity contribution is 5.76. The van der Waals surface area contributed by atoms with Gasteiger partial charge in [-0.2, -0.15) is 0 Å². The molecular weight excluding hydrogens is 1030 g/mol. The molecule has 1 rings (SSSR count). The van der Waals surface area contributed by atoms with E-state index in [1.165, 1.54) is 180 Å². The molecule has 6 N–H and O–H groups in total. The molecular formula is C74H129NO8. The van der Waals surface area contributed by atoms with E-state index in [1.807, 2.05) is 6.08 Å². The molecule has 0 spiro atoms. The van der Waals surface area contributed by atoms with Gasteiger partial charge in [0, 0.05) is 6.42 Å². The Morgan fingerprint density at radius 1 is 0.422 bits per heavy atom. The molecule has 0 aliphatic carbocycles. The van der Waals surface area contributed by atoms with E-state index in [0.29, 0.717) is 6.42 Å². The van der Waals surface area contributed by atoms with Crippen LogP contribution < -0.4 is 5.32 Å². The topological polar surface area (TPSA) is 149 Å². The van der Waals surface area contributed by atoms with Gasteiger partial charge in [0.05, 0.1) is 25.4 Å². The Hall–Kier alpha value is -3.15. The van der Waals surface area contributed by atoms with E-state index in [1.54, 1.807) is 6.08 Å². The van der Waals surface area contributed by atoms with E-state index in [-0.39, 0.29) is 12.5 Å². The van der Waals surface area contributed by atoms with Crippen LogP contribution in [0.4, 0.5) is 0 Å². The van der Waals surface area contributed by atoms with E-state index in [4.69, 9.17) is 9.47 Å². The minimum atomic E-state index is -1.58. The quantitative estimate of drug-likeness (QED) is 0.0261. The monoisotopic (exact) mass is 1160 g/mol. The lowest BCUT2D eigenvalue weighted by molar-refractivity contribution is -0.302. The second-order valence-corrected chi connectivity index (χ2v) is 23.6. The summed E-state index contributed by atoms with van der Waals surface area (Å²) in [6.45, 7) is 3.67. The number of aliphatic hydroxyl groups is 5. The van der Waals surface area contributed by atoms with Gasteiger partial charge in [0.25, 0.3) is 0 Å². The highest BCUT2D eigenvalue weighted by Crippen LogP contribution is 2.23. The van der Waals surface area contributed by atoms with Gasteiger partial charge in [-0.1, -0.05) is 309 Å². The summed E-state index contributed by atoms with van der Waals surface area (Å²) in [5, 5.41) is 54.7. The van der Waals surface area contributed by atoms with Gasteiger partial charge in [-0.05, 0) is 89.9 Å². The van der Waals surface area contributed by atoms with Gasteiger partial charge in [-0.3, -0.25) is 4.79 Å². The third kappa shape index (κ3) is 50.7. The fourth-order valence-corrected chi connectivity index (χ4v) is 10.4. The molecule has 0 aromatic carbocycles. The molecule has 9 heteroatoms. The zero-order chi connectivity index (χ0) is 60.0. The molecule has 0 bridgehead atoms. The number of amides is 1. The summed E-state index contributed by atoms with van der Waals surface area (Å²) in [6, 6.07) is -0.835. The number of hydrogen-bond donors (Lipinski definition) is 6. The number of carbonyl (C=O) groups excluding carboxylic acids is 1. The van der Waals surface area contributed by atoms with Gasteiger partial charge in [0.1, 0.15) is 24.4 Å². The van der Waals surface area contributed by atoms with Crippen molar-refractivity contribution in [2.75, 3.05) is 13.2 Å². The van der Waals surface area contributed by atoms with Crippen LogP contribution in [0.25, 0.3) is 0 Å². The molecule has 0 aromatic heterocycles. The Labute approximate surface area is 510 Å². The first-order chi connectivity index (χ1) is 40.8. The lowest BCUT2D eigenvalue weighted by Gasteiger charge is -2.40. The smallest absolute Gasteiger partial charge is 0.220 e. The number of rotatable bonds is 59. The summed E-state index contributed by atoms with van der Waals surface area (Å²) in [5.74, 6) is -0.195. The van der Waals surface area contributed by atoms with Gasteiger partial charge in [-0.15, -0.1) is 0 Å². The first-order valence-electron chi connectivity index (χ1n) is 34.6. The van der Waals surface area contributed by atoms with Crippen molar-refractivity contribution in [3.8, 4) is 0 Å². The van der Waals surface area contributed by atoms with Crippen LogP contribution in [0.3, 0.4) is 0 Å². The van der Waals surface area contributed by atoms with Crippen LogP contribution in [-0.4, -0.2) is 87.5 Å². The largest absolute Gasteiger partial charge is 0.394 e. The third-order valence-electron chi connectivity index (χ3n) is 15.8. The highest BCUT2D eigenvalue weighted by Gasteiger charge is 2.44. The second-order valence-electron chi connectivity index (χ2n) is 23.6. The molecule has 1 heterocycles. The Morgan fingerprint density at radius 2 is 0.759 bits per heavy atom. The number of unbranched alkanes of at least 4 members (excludes halogenated alkanes) is 33.